The van der Waals surface area contributed by atoms with Gasteiger partial charge in [0.25, 0.3) is 11.8 Å². The third kappa shape index (κ3) is 5.74. The molecule has 8 nitrogen and oxygen atoms in total. The molecule has 142 valence electrons. The highest BCUT2D eigenvalue weighted by molar-refractivity contribution is 5.97. The molecule has 0 radical (unpaired) electrons. The average molecular weight is 372 g/mol. The summed E-state index contributed by atoms with van der Waals surface area (Å²) in [5.74, 6) is -0.704. The predicted molar refractivity (Wildman–Crippen MR) is 96.5 cm³/mol. The lowest BCUT2D eigenvalue weighted by Gasteiger charge is -2.11. The Morgan fingerprint density at radius 2 is 1.67 bits per heavy atom. The van der Waals surface area contributed by atoms with Crippen molar-refractivity contribution in [1.29, 1.82) is 0 Å². The molecular weight excluding hydrogens is 352 g/mol. The number of hydrogen-bond acceptors (Lipinski definition) is 6. The third-order valence-corrected chi connectivity index (χ3v) is 3.40. The molecule has 0 aliphatic carbocycles. The Kier molecular flexibility index (Phi) is 7.18. The Morgan fingerprint density at radius 3 is 2.33 bits per heavy atom. The number of amides is 2. The molecule has 0 atom stereocenters. The highest BCUT2D eigenvalue weighted by Gasteiger charge is 2.12. The van der Waals surface area contributed by atoms with Gasteiger partial charge >= 0.3 is 5.97 Å². The number of para-hydroxylation sites is 1. The van der Waals surface area contributed by atoms with Gasteiger partial charge in [-0.2, -0.15) is 0 Å². The molecule has 0 saturated carbocycles. The fourth-order valence-corrected chi connectivity index (χ4v) is 2.11. The molecule has 2 N–H and O–H groups in total. The van der Waals surface area contributed by atoms with Crippen LogP contribution in [0.3, 0.4) is 0 Å². The molecule has 0 saturated heterocycles. The van der Waals surface area contributed by atoms with E-state index in [9.17, 15) is 14.4 Å². The number of ether oxygens (including phenoxy) is 3. The van der Waals surface area contributed by atoms with Gasteiger partial charge in [-0.1, -0.05) is 12.1 Å². The lowest BCUT2D eigenvalue weighted by molar-refractivity contribution is -0.123. The Bertz CT molecular complexity index is 804. The van der Waals surface area contributed by atoms with Gasteiger partial charge in [-0.05, 0) is 43.3 Å². The second-order valence-electron chi connectivity index (χ2n) is 5.24. The second kappa shape index (κ2) is 9.81. The summed E-state index contributed by atoms with van der Waals surface area (Å²) in [6, 6.07) is 12.8. The van der Waals surface area contributed by atoms with Crippen molar-refractivity contribution in [3.63, 3.8) is 0 Å². The normalized spacial score (nSPS) is 9.85. The van der Waals surface area contributed by atoms with Crippen molar-refractivity contribution < 1.29 is 28.6 Å². The molecule has 0 bridgehead atoms. The van der Waals surface area contributed by atoms with E-state index in [1.165, 1.54) is 19.2 Å². The van der Waals surface area contributed by atoms with Crippen molar-refractivity contribution in [3.8, 4) is 11.5 Å². The van der Waals surface area contributed by atoms with Gasteiger partial charge in [-0.15, -0.1) is 0 Å². The number of carbonyl (C=O) groups is 3. The number of hydrazine groups is 1. The molecule has 0 spiro atoms. The molecule has 0 fully saturated rings. The van der Waals surface area contributed by atoms with E-state index in [4.69, 9.17) is 14.2 Å². The van der Waals surface area contributed by atoms with E-state index in [0.29, 0.717) is 17.1 Å². The van der Waals surface area contributed by atoms with Gasteiger partial charge in [0.15, 0.2) is 6.61 Å². The molecule has 0 aliphatic rings. The Balaban J connectivity index is 1.81. The summed E-state index contributed by atoms with van der Waals surface area (Å²) in [5.41, 5.74) is 5.22. The van der Waals surface area contributed by atoms with Gasteiger partial charge in [0, 0.05) is 0 Å². The zero-order valence-corrected chi connectivity index (χ0v) is 15.0. The summed E-state index contributed by atoms with van der Waals surface area (Å²) < 4.78 is 15.3. The predicted octanol–water partition coefficient (Wildman–Crippen LogP) is 1.71. The monoisotopic (exact) mass is 372 g/mol. The van der Waals surface area contributed by atoms with E-state index >= 15 is 0 Å². The van der Waals surface area contributed by atoms with E-state index in [-0.39, 0.29) is 18.8 Å². The SMILES string of the molecule is CCOC(=O)c1ccc(OCC(=O)NNC(=O)c2ccccc2OC)cc1. The van der Waals surface area contributed by atoms with Crippen LogP contribution in [0.2, 0.25) is 0 Å². The van der Waals surface area contributed by atoms with Crippen LogP contribution in [0.4, 0.5) is 0 Å². The lowest BCUT2D eigenvalue weighted by atomic mass is 10.2. The molecule has 27 heavy (non-hydrogen) atoms. The van der Waals surface area contributed by atoms with E-state index < -0.39 is 17.8 Å². The fourth-order valence-electron chi connectivity index (χ4n) is 2.11. The summed E-state index contributed by atoms with van der Waals surface area (Å²) in [4.78, 5) is 35.4. The number of hydrogen-bond donors (Lipinski definition) is 2. The van der Waals surface area contributed by atoms with Crippen LogP contribution < -0.4 is 20.3 Å². The molecule has 0 heterocycles. The summed E-state index contributed by atoms with van der Waals surface area (Å²) in [7, 11) is 1.45. The van der Waals surface area contributed by atoms with E-state index in [2.05, 4.69) is 10.9 Å². The molecule has 8 heteroatoms. The lowest BCUT2D eigenvalue weighted by Crippen LogP contribution is -2.43. The topological polar surface area (TPSA) is 103 Å². The average Bonchev–Trinajstić information content (AvgIpc) is 2.71. The number of benzene rings is 2. The van der Waals surface area contributed by atoms with Crippen molar-refractivity contribution >= 4 is 17.8 Å². The van der Waals surface area contributed by atoms with Crippen molar-refractivity contribution in [2.24, 2.45) is 0 Å². The first-order valence-corrected chi connectivity index (χ1v) is 8.17. The first-order chi connectivity index (χ1) is 13.0. The maximum atomic E-state index is 12.1. The molecule has 2 amide bonds. The van der Waals surface area contributed by atoms with Crippen LogP contribution in [0.1, 0.15) is 27.6 Å². The quantitative estimate of drug-likeness (QED) is 0.567. The molecule has 0 unspecified atom stereocenters. The van der Waals surface area contributed by atoms with Crippen LogP contribution in [0.25, 0.3) is 0 Å². The maximum absolute atomic E-state index is 12.1. The number of methoxy groups -OCH3 is 1. The summed E-state index contributed by atoms with van der Waals surface area (Å²) in [6.07, 6.45) is 0. The van der Waals surface area contributed by atoms with Crippen LogP contribution in [0.15, 0.2) is 48.5 Å². The smallest absolute Gasteiger partial charge is 0.338 e. The molecular formula is C19H20N2O6. The van der Waals surface area contributed by atoms with Crippen molar-refractivity contribution in [3.05, 3.63) is 59.7 Å². The highest BCUT2D eigenvalue weighted by atomic mass is 16.5. The Hall–Kier alpha value is -3.55. The van der Waals surface area contributed by atoms with Crippen molar-refractivity contribution in [2.75, 3.05) is 20.3 Å². The number of nitrogens with one attached hydrogen (secondary N) is 2. The van der Waals surface area contributed by atoms with E-state index in [1.807, 2.05) is 0 Å². The van der Waals surface area contributed by atoms with Gasteiger partial charge in [0.2, 0.25) is 0 Å². The largest absolute Gasteiger partial charge is 0.496 e. The molecule has 2 aromatic carbocycles. The summed E-state index contributed by atoms with van der Waals surface area (Å²) in [6.45, 7) is 1.70. The van der Waals surface area contributed by atoms with E-state index in [1.54, 1.807) is 43.3 Å². The zero-order chi connectivity index (χ0) is 19.6. The highest BCUT2D eigenvalue weighted by Crippen LogP contribution is 2.16. The van der Waals surface area contributed by atoms with Gasteiger partial charge in [-0.3, -0.25) is 20.4 Å². The second-order valence-corrected chi connectivity index (χ2v) is 5.24. The number of carbonyl (C=O) groups excluding carboxylic acids is 3. The minimum absolute atomic E-state index is 0.288. The van der Waals surface area contributed by atoms with Crippen LogP contribution in [0, 0.1) is 0 Å². The molecule has 0 aromatic heterocycles. The first kappa shape index (κ1) is 19.8. The number of rotatable bonds is 7. The minimum atomic E-state index is -0.548. The maximum Gasteiger partial charge on any atom is 0.338 e. The number of esters is 1. The summed E-state index contributed by atoms with van der Waals surface area (Å²) >= 11 is 0. The zero-order valence-electron chi connectivity index (χ0n) is 15.0. The third-order valence-electron chi connectivity index (χ3n) is 3.40. The van der Waals surface area contributed by atoms with Gasteiger partial charge in [-0.25, -0.2) is 4.79 Å². The van der Waals surface area contributed by atoms with Crippen LogP contribution >= 0.6 is 0 Å². The molecule has 0 aliphatic heterocycles. The molecule has 2 rings (SSSR count). The van der Waals surface area contributed by atoms with Crippen LogP contribution in [-0.2, 0) is 9.53 Å². The minimum Gasteiger partial charge on any atom is -0.496 e. The van der Waals surface area contributed by atoms with Gasteiger partial charge in [0.05, 0.1) is 24.8 Å². The van der Waals surface area contributed by atoms with Gasteiger partial charge in [0.1, 0.15) is 11.5 Å². The van der Waals surface area contributed by atoms with Crippen molar-refractivity contribution in [1.82, 2.24) is 10.9 Å². The van der Waals surface area contributed by atoms with Crippen LogP contribution in [-0.4, -0.2) is 38.1 Å². The van der Waals surface area contributed by atoms with E-state index in [0.717, 1.165) is 0 Å². The summed E-state index contributed by atoms with van der Waals surface area (Å²) in [5, 5.41) is 0. The first-order valence-electron chi connectivity index (χ1n) is 8.17. The Labute approximate surface area is 156 Å². The van der Waals surface area contributed by atoms with Crippen molar-refractivity contribution in [2.45, 2.75) is 6.92 Å². The fraction of sp³-hybridized carbons (Fsp3) is 0.211. The van der Waals surface area contributed by atoms with Crippen LogP contribution in [0.5, 0.6) is 11.5 Å². The standard InChI is InChI=1S/C19H20N2O6/c1-3-26-19(24)13-8-10-14(11-9-13)27-12-17(22)20-21-18(23)15-6-4-5-7-16(15)25-2/h4-11H,3,12H2,1-2H3,(H,20,22)(H,21,23). The molecule has 2 aromatic rings. The Morgan fingerprint density at radius 1 is 0.963 bits per heavy atom. The van der Waals surface area contributed by atoms with Gasteiger partial charge < -0.3 is 14.2 Å².